The van der Waals surface area contributed by atoms with Crippen LogP contribution in [0.5, 0.6) is 0 Å². The van der Waals surface area contributed by atoms with Crippen molar-refractivity contribution in [2.75, 3.05) is 32.8 Å². The fraction of sp³-hybridized carbons (Fsp3) is 0.500. The van der Waals surface area contributed by atoms with Crippen molar-refractivity contribution in [1.29, 1.82) is 0 Å². The molecule has 0 saturated heterocycles. The third-order valence-electron chi connectivity index (χ3n) is 2.98. The number of aliphatic hydroxyl groups is 1. The predicted octanol–water partition coefficient (Wildman–Crippen LogP) is 1.97. The molecule has 0 bridgehead atoms. The number of carbonyl (C=O) groups is 1. The molecule has 1 aromatic carbocycles. The monoisotopic (exact) mass is 318 g/mol. The highest BCUT2D eigenvalue weighted by Gasteiger charge is 2.09. The van der Waals surface area contributed by atoms with E-state index in [9.17, 15) is 4.79 Å². The molecule has 0 unspecified atom stereocenters. The first-order chi connectivity index (χ1) is 9.58. The van der Waals surface area contributed by atoms with E-state index < -0.39 is 0 Å². The summed E-state index contributed by atoms with van der Waals surface area (Å²) in [5.41, 5.74) is 0.919. The SMILES string of the molecule is CCN(CCO)CC(=O)NCCc1cccc(Cl)c1Cl. The van der Waals surface area contributed by atoms with Crippen LogP contribution in [0, 0.1) is 0 Å². The molecule has 1 aromatic rings. The maximum absolute atomic E-state index is 11.7. The minimum atomic E-state index is -0.0570. The van der Waals surface area contributed by atoms with Gasteiger partial charge >= 0.3 is 0 Å². The van der Waals surface area contributed by atoms with Crippen molar-refractivity contribution in [2.24, 2.45) is 0 Å². The summed E-state index contributed by atoms with van der Waals surface area (Å²) >= 11 is 12.0. The van der Waals surface area contributed by atoms with Crippen molar-refractivity contribution in [3.05, 3.63) is 33.8 Å². The molecule has 0 radical (unpaired) electrons. The van der Waals surface area contributed by atoms with E-state index in [2.05, 4.69) is 5.32 Å². The van der Waals surface area contributed by atoms with Crippen LogP contribution in [0.1, 0.15) is 12.5 Å². The standard InChI is InChI=1S/C14H20Cl2N2O2/c1-2-18(8-9-19)10-13(20)17-7-6-11-4-3-5-12(15)14(11)16/h3-5,19H,2,6-10H2,1H3,(H,17,20). The third-order valence-corrected chi connectivity index (χ3v) is 3.84. The van der Waals surface area contributed by atoms with Gasteiger partial charge in [0, 0.05) is 13.1 Å². The van der Waals surface area contributed by atoms with E-state index in [1.54, 1.807) is 6.07 Å². The second kappa shape index (κ2) is 9.19. The number of amides is 1. The Morgan fingerprint density at radius 3 is 2.80 bits per heavy atom. The van der Waals surface area contributed by atoms with Crippen LogP contribution in [0.15, 0.2) is 18.2 Å². The summed E-state index contributed by atoms with van der Waals surface area (Å²) < 4.78 is 0. The summed E-state index contributed by atoms with van der Waals surface area (Å²) in [6.45, 7) is 4.04. The molecule has 4 nitrogen and oxygen atoms in total. The van der Waals surface area contributed by atoms with E-state index in [0.29, 0.717) is 36.1 Å². The van der Waals surface area contributed by atoms with Gasteiger partial charge in [-0.15, -0.1) is 0 Å². The van der Waals surface area contributed by atoms with Crippen LogP contribution in [0.25, 0.3) is 0 Å². The van der Waals surface area contributed by atoms with Crippen molar-refractivity contribution in [1.82, 2.24) is 10.2 Å². The van der Waals surface area contributed by atoms with E-state index >= 15 is 0 Å². The van der Waals surface area contributed by atoms with Crippen LogP contribution in [0.4, 0.5) is 0 Å². The summed E-state index contributed by atoms with van der Waals surface area (Å²) in [7, 11) is 0. The molecule has 20 heavy (non-hydrogen) atoms. The van der Waals surface area contributed by atoms with Gasteiger partial charge in [-0.1, -0.05) is 42.3 Å². The van der Waals surface area contributed by atoms with Gasteiger partial charge in [0.15, 0.2) is 0 Å². The van der Waals surface area contributed by atoms with Crippen LogP contribution in [0.3, 0.4) is 0 Å². The molecular formula is C14H20Cl2N2O2. The molecular weight excluding hydrogens is 299 g/mol. The normalized spacial score (nSPS) is 10.8. The van der Waals surface area contributed by atoms with E-state index in [-0.39, 0.29) is 12.5 Å². The second-order valence-electron chi connectivity index (χ2n) is 4.41. The van der Waals surface area contributed by atoms with Gasteiger partial charge < -0.3 is 10.4 Å². The van der Waals surface area contributed by atoms with Crippen molar-refractivity contribution in [2.45, 2.75) is 13.3 Å². The number of nitrogens with zero attached hydrogens (tertiary/aromatic N) is 1. The number of benzene rings is 1. The summed E-state index contributed by atoms with van der Waals surface area (Å²) in [6.07, 6.45) is 0.636. The summed E-state index contributed by atoms with van der Waals surface area (Å²) in [6, 6.07) is 5.47. The van der Waals surface area contributed by atoms with Gasteiger partial charge in [0.2, 0.25) is 5.91 Å². The first-order valence-electron chi connectivity index (χ1n) is 6.61. The molecule has 1 amide bonds. The number of rotatable bonds is 8. The summed E-state index contributed by atoms with van der Waals surface area (Å²) in [4.78, 5) is 13.6. The molecule has 0 aliphatic heterocycles. The lowest BCUT2D eigenvalue weighted by Crippen LogP contribution is -2.39. The molecule has 0 heterocycles. The average molecular weight is 319 g/mol. The van der Waals surface area contributed by atoms with Crippen molar-refractivity contribution < 1.29 is 9.90 Å². The maximum atomic E-state index is 11.7. The zero-order chi connectivity index (χ0) is 15.0. The molecule has 0 saturated carbocycles. The van der Waals surface area contributed by atoms with Crippen molar-refractivity contribution in [3.63, 3.8) is 0 Å². The molecule has 0 aromatic heterocycles. The fourth-order valence-corrected chi connectivity index (χ4v) is 2.24. The number of halogens is 2. The summed E-state index contributed by atoms with van der Waals surface area (Å²) in [5.74, 6) is -0.0570. The van der Waals surface area contributed by atoms with Crippen molar-refractivity contribution >= 4 is 29.1 Å². The quantitative estimate of drug-likeness (QED) is 0.770. The minimum absolute atomic E-state index is 0.0548. The van der Waals surface area contributed by atoms with Crippen LogP contribution < -0.4 is 5.32 Å². The van der Waals surface area contributed by atoms with E-state index in [1.165, 1.54) is 0 Å². The Morgan fingerprint density at radius 2 is 2.15 bits per heavy atom. The van der Waals surface area contributed by atoms with Gasteiger partial charge in [-0.3, -0.25) is 9.69 Å². The molecule has 2 N–H and O–H groups in total. The number of carbonyl (C=O) groups excluding carboxylic acids is 1. The second-order valence-corrected chi connectivity index (χ2v) is 5.19. The van der Waals surface area contributed by atoms with Crippen LogP contribution in [-0.4, -0.2) is 48.7 Å². The number of nitrogens with one attached hydrogen (secondary N) is 1. The fourth-order valence-electron chi connectivity index (χ4n) is 1.83. The Balaban J connectivity index is 2.36. The molecule has 0 aliphatic carbocycles. The Kier molecular flexibility index (Phi) is 7.92. The van der Waals surface area contributed by atoms with Crippen LogP contribution in [-0.2, 0) is 11.2 Å². The Hall–Kier alpha value is -0.810. The Morgan fingerprint density at radius 1 is 1.40 bits per heavy atom. The van der Waals surface area contributed by atoms with E-state index in [0.717, 1.165) is 12.1 Å². The lowest BCUT2D eigenvalue weighted by molar-refractivity contribution is -0.122. The topological polar surface area (TPSA) is 52.6 Å². The lowest BCUT2D eigenvalue weighted by Gasteiger charge is -2.18. The largest absolute Gasteiger partial charge is 0.395 e. The smallest absolute Gasteiger partial charge is 0.234 e. The molecule has 6 heteroatoms. The molecule has 112 valence electrons. The first kappa shape index (κ1) is 17.2. The van der Waals surface area contributed by atoms with Gasteiger partial charge in [-0.25, -0.2) is 0 Å². The highest BCUT2D eigenvalue weighted by Crippen LogP contribution is 2.25. The average Bonchev–Trinajstić information content (AvgIpc) is 2.43. The number of hydrogen-bond acceptors (Lipinski definition) is 3. The zero-order valence-electron chi connectivity index (χ0n) is 11.5. The maximum Gasteiger partial charge on any atom is 0.234 e. The van der Waals surface area contributed by atoms with Gasteiger partial charge in [0.05, 0.1) is 23.2 Å². The van der Waals surface area contributed by atoms with Crippen LogP contribution in [0.2, 0.25) is 10.0 Å². The van der Waals surface area contributed by atoms with Gasteiger partial charge in [0.1, 0.15) is 0 Å². The number of likely N-dealkylation sites (N-methyl/N-ethyl adjacent to an activating group) is 1. The minimum Gasteiger partial charge on any atom is -0.395 e. The van der Waals surface area contributed by atoms with E-state index in [1.807, 2.05) is 24.0 Å². The van der Waals surface area contributed by atoms with Crippen LogP contribution >= 0.6 is 23.2 Å². The number of aliphatic hydroxyl groups excluding tert-OH is 1. The lowest BCUT2D eigenvalue weighted by atomic mass is 10.1. The molecule has 0 fully saturated rings. The van der Waals surface area contributed by atoms with Gasteiger partial charge in [-0.05, 0) is 24.6 Å². The number of hydrogen-bond donors (Lipinski definition) is 2. The van der Waals surface area contributed by atoms with Crippen molar-refractivity contribution in [3.8, 4) is 0 Å². The zero-order valence-corrected chi connectivity index (χ0v) is 13.0. The predicted molar refractivity (Wildman–Crippen MR) is 82.4 cm³/mol. The third kappa shape index (κ3) is 5.67. The van der Waals surface area contributed by atoms with E-state index in [4.69, 9.17) is 28.3 Å². The molecule has 0 spiro atoms. The highest BCUT2D eigenvalue weighted by molar-refractivity contribution is 6.42. The van der Waals surface area contributed by atoms with Gasteiger partial charge in [0.25, 0.3) is 0 Å². The van der Waals surface area contributed by atoms with Gasteiger partial charge in [-0.2, -0.15) is 0 Å². The summed E-state index contributed by atoms with van der Waals surface area (Å²) in [5, 5.41) is 12.8. The Bertz CT molecular complexity index is 441. The molecule has 0 atom stereocenters. The molecule has 1 rings (SSSR count). The highest BCUT2D eigenvalue weighted by atomic mass is 35.5. The Labute approximate surface area is 129 Å². The first-order valence-corrected chi connectivity index (χ1v) is 7.36. The molecule has 0 aliphatic rings.